The summed E-state index contributed by atoms with van der Waals surface area (Å²) < 4.78 is 0. The van der Waals surface area contributed by atoms with Gasteiger partial charge in [0.25, 0.3) is 0 Å². The van der Waals surface area contributed by atoms with Crippen molar-refractivity contribution in [2.45, 2.75) is 19.3 Å². The molecule has 0 heterocycles. The largest absolute Gasteiger partial charge is 0.299 e. The van der Waals surface area contributed by atoms with E-state index in [0.29, 0.717) is 11.8 Å². The van der Waals surface area contributed by atoms with Crippen molar-refractivity contribution in [3.05, 3.63) is 0 Å². The van der Waals surface area contributed by atoms with Crippen LogP contribution in [0.1, 0.15) is 19.3 Å². The second-order valence-electron chi connectivity index (χ2n) is 10.7. The van der Waals surface area contributed by atoms with Crippen molar-refractivity contribution in [1.29, 1.82) is 0 Å². The monoisotopic (exact) mass is 278 g/mol. The zero-order valence-electron chi connectivity index (χ0n) is 12.3. The first kappa shape index (κ1) is 9.73. The second-order valence-corrected chi connectivity index (χ2v) is 10.7. The number of carbonyl (C=O) groups is 1. The molecule has 0 aromatic carbocycles. The molecule has 16 atom stereocenters. The van der Waals surface area contributed by atoms with Crippen LogP contribution in [0.15, 0.2) is 0 Å². The Morgan fingerprint density at radius 1 is 0.571 bits per heavy atom. The van der Waals surface area contributed by atoms with Crippen molar-refractivity contribution >= 4 is 5.78 Å². The van der Waals surface area contributed by atoms with Crippen LogP contribution in [-0.2, 0) is 4.79 Å². The highest BCUT2D eigenvalue weighted by molar-refractivity contribution is 5.88. The fourth-order valence-corrected chi connectivity index (χ4v) is 12.7. The zero-order valence-corrected chi connectivity index (χ0v) is 12.3. The third kappa shape index (κ3) is 0.606. The highest BCUT2D eigenvalue weighted by Crippen LogP contribution is 2.91. The predicted octanol–water partition coefficient (Wildman–Crippen LogP) is 2.71. The summed E-state index contributed by atoms with van der Waals surface area (Å²) >= 11 is 0. The van der Waals surface area contributed by atoms with Gasteiger partial charge in [-0.2, -0.15) is 0 Å². The average molecular weight is 278 g/mol. The smallest absolute Gasteiger partial charge is 0.139 e. The minimum absolute atomic E-state index is 0.569. The van der Waals surface area contributed by atoms with Crippen molar-refractivity contribution in [3.63, 3.8) is 0 Å². The molecule has 0 spiro atoms. The quantitative estimate of drug-likeness (QED) is 0.666. The fourth-order valence-electron chi connectivity index (χ4n) is 12.7. The SMILES string of the molecule is O=C1[C@@H]2[C@@H]3[C@@H]4[C@@H]5[C@@H]6[C@@H](C[C@@H]1[C@H]63)[C@H]1[C@@H]3CC[C@H]6[C@H]3[C@H]([C@H]15)[C@@H]4[C@@H]62. The maximum absolute atomic E-state index is 13.3. The van der Waals surface area contributed by atoms with Crippen LogP contribution in [-0.4, -0.2) is 5.78 Å². The average Bonchev–Trinajstić information content (AvgIpc) is 3.17. The normalized spacial score (nSPS) is 87.5. The number of ketones is 1. The third-order valence-corrected chi connectivity index (χ3v) is 11.6. The molecule has 21 heavy (non-hydrogen) atoms. The Morgan fingerprint density at radius 2 is 1.19 bits per heavy atom. The van der Waals surface area contributed by atoms with Gasteiger partial charge in [0.2, 0.25) is 0 Å². The summed E-state index contributed by atoms with van der Waals surface area (Å²) in [5.41, 5.74) is 0. The zero-order chi connectivity index (χ0) is 12.9. The number of carbonyl (C=O) groups excluding carboxylic acids is 1. The Labute approximate surface area is 125 Å². The summed E-state index contributed by atoms with van der Waals surface area (Å²) in [4.78, 5) is 13.3. The summed E-state index contributed by atoms with van der Waals surface area (Å²) in [7, 11) is 0. The molecule has 0 bridgehead atoms. The van der Waals surface area contributed by atoms with Gasteiger partial charge in [-0.05, 0) is 102 Å². The molecule has 9 rings (SSSR count). The molecular weight excluding hydrogens is 256 g/mol. The van der Waals surface area contributed by atoms with Gasteiger partial charge in [-0.1, -0.05) is 0 Å². The maximum Gasteiger partial charge on any atom is 0.139 e. The van der Waals surface area contributed by atoms with Crippen molar-refractivity contribution in [1.82, 2.24) is 0 Å². The molecule has 0 saturated heterocycles. The van der Waals surface area contributed by atoms with Gasteiger partial charge in [-0.25, -0.2) is 0 Å². The van der Waals surface area contributed by atoms with Crippen molar-refractivity contribution < 1.29 is 4.79 Å². The topological polar surface area (TPSA) is 17.1 Å². The van der Waals surface area contributed by atoms with Crippen LogP contribution in [0, 0.1) is 94.7 Å². The fraction of sp³-hybridized carbons (Fsp3) is 0.950. The minimum Gasteiger partial charge on any atom is -0.299 e. The molecule has 0 radical (unpaired) electrons. The Kier molecular flexibility index (Phi) is 1.10. The maximum atomic E-state index is 13.3. The molecule has 0 aliphatic heterocycles. The van der Waals surface area contributed by atoms with Gasteiger partial charge in [-0.15, -0.1) is 0 Å². The molecule has 1 heteroatoms. The van der Waals surface area contributed by atoms with E-state index in [-0.39, 0.29) is 0 Å². The van der Waals surface area contributed by atoms with E-state index in [1.54, 1.807) is 6.42 Å². The van der Waals surface area contributed by atoms with E-state index >= 15 is 0 Å². The molecule has 0 aromatic rings. The van der Waals surface area contributed by atoms with Crippen LogP contribution < -0.4 is 0 Å². The van der Waals surface area contributed by atoms with E-state index in [1.165, 1.54) is 18.8 Å². The van der Waals surface area contributed by atoms with Gasteiger partial charge in [0.15, 0.2) is 0 Å². The van der Waals surface area contributed by atoms with Gasteiger partial charge in [0, 0.05) is 11.8 Å². The second kappa shape index (κ2) is 2.38. The number of hydrogen-bond acceptors (Lipinski definition) is 1. The first-order valence-electron chi connectivity index (χ1n) is 9.91. The lowest BCUT2D eigenvalue weighted by molar-refractivity contribution is -0.126. The highest BCUT2D eigenvalue weighted by Gasteiger charge is 2.88. The van der Waals surface area contributed by atoms with Gasteiger partial charge in [0.05, 0.1) is 0 Å². The van der Waals surface area contributed by atoms with E-state index < -0.39 is 0 Å². The molecule has 9 aliphatic carbocycles. The predicted molar refractivity (Wildman–Crippen MR) is 74.7 cm³/mol. The van der Waals surface area contributed by atoms with Crippen LogP contribution in [0.3, 0.4) is 0 Å². The van der Waals surface area contributed by atoms with E-state index in [9.17, 15) is 4.79 Å². The number of fused-ring (bicyclic) bond motifs is 4. The highest BCUT2D eigenvalue weighted by atomic mass is 16.1. The Balaban J connectivity index is 1.48. The molecule has 108 valence electrons. The minimum atomic E-state index is 0.569. The number of rotatable bonds is 0. The summed E-state index contributed by atoms with van der Waals surface area (Å²) in [6.45, 7) is 0. The molecule has 0 aromatic heterocycles. The summed E-state index contributed by atoms with van der Waals surface area (Å²) in [6, 6.07) is 0. The van der Waals surface area contributed by atoms with Crippen molar-refractivity contribution in [3.8, 4) is 0 Å². The lowest BCUT2D eigenvalue weighted by atomic mass is 9.73. The van der Waals surface area contributed by atoms with Gasteiger partial charge in [0.1, 0.15) is 5.78 Å². The van der Waals surface area contributed by atoms with Gasteiger partial charge >= 0.3 is 0 Å². The lowest BCUT2D eigenvalue weighted by Crippen LogP contribution is -2.31. The summed E-state index contributed by atoms with van der Waals surface area (Å²) in [6.07, 6.45) is 4.46. The standard InChI is InChI=1S/C20H22O/c21-20-7-3-6-9-4-1-2-5-8(4)13-14(9)16-11(6)12(7)17-18(16)15(13)10(5)19(17)20/h4-19H,1-3H2/t4-,5+,6+,7-,8+,9-,10-,11-,12-,13-,14+,15+,16-,17+,18+,19+/m1/s1. The van der Waals surface area contributed by atoms with Gasteiger partial charge in [-0.3, -0.25) is 4.79 Å². The molecule has 0 N–H and O–H groups in total. The number of Topliss-reactive ketones (excluding diaryl/α,β-unsaturated/α-hetero) is 1. The van der Waals surface area contributed by atoms with Crippen molar-refractivity contribution in [2.75, 3.05) is 0 Å². The molecular formula is C20H22O. The lowest BCUT2D eigenvalue weighted by Gasteiger charge is -2.31. The van der Waals surface area contributed by atoms with E-state index in [2.05, 4.69) is 0 Å². The number of hydrogen-bond donors (Lipinski definition) is 0. The summed E-state index contributed by atoms with van der Waals surface area (Å²) in [5, 5.41) is 0. The van der Waals surface area contributed by atoms with E-state index in [1.807, 2.05) is 0 Å². The molecule has 0 amide bonds. The molecule has 9 saturated carbocycles. The molecule has 0 unspecified atom stereocenters. The molecule has 9 aliphatic rings. The van der Waals surface area contributed by atoms with Crippen LogP contribution in [0.2, 0.25) is 0 Å². The Bertz CT molecular complexity index is 658. The first-order valence-corrected chi connectivity index (χ1v) is 9.91. The molecule has 9 fully saturated rings. The van der Waals surface area contributed by atoms with Crippen LogP contribution in [0.25, 0.3) is 0 Å². The van der Waals surface area contributed by atoms with Crippen LogP contribution >= 0.6 is 0 Å². The van der Waals surface area contributed by atoms with E-state index in [4.69, 9.17) is 0 Å². The molecule has 1 nitrogen and oxygen atoms in total. The first-order chi connectivity index (χ1) is 10.4. The van der Waals surface area contributed by atoms with Crippen LogP contribution in [0.4, 0.5) is 0 Å². The van der Waals surface area contributed by atoms with E-state index in [0.717, 1.165) is 82.7 Å². The van der Waals surface area contributed by atoms with Gasteiger partial charge < -0.3 is 0 Å². The van der Waals surface area contributed by atoms with Crippen molar-refractivity contribution in [2.24, 2.45) is 94.7 Å². The third-order valence-electron chi connectivity index (χ3n) is 11.6. The Hall–Kier alpha value is -0.330. The summed E-state index contributed by atoms with van der Waals surface area (Å²) in [5.74, 6) is 16.8. The Morgan fingerprint density at radius 3 is 2.05 bits per heavy atom. The van der Waals surface area contributed by atoms with Crippen LogP contribution in [0.5, 0.6) is 0 Å².